The van der Waals surface area contributed by atoms with E-state index in [2.05, 4.69) is 29.8 Å². The highest BCUT2D eigenvalue weighted by Gasteiger charge is 2.22. The Kier molecular flexibility index (Phi) is 6.93. The highest BCUT2D eigenvalue weighted by molar-refractivity contribution is 5.93. The van der Waals surface area contributed by atoms with Gasteiger partial charge >= 0.3 is 0 Å². The number of aromatic amines is 1. The van der Waals surface area contributed by atoms with E-state index in [0.717, 1.165) is 36.7 Å². The Morgan fingerprint density at radius 1 is 1.10 bits per heavy atom. The Balaban J connectivity index is 1.55. The molecule has 1 fully saturated rings. The standard InChI is InChI=1S/C22H29N3O4/c1-16(2)15-29-19-6-4-17(12-20(19)28-3)14-24-8-10-25(11-9-24)22(27)18-5-7-21(26)23-13-18/h4-7,12-13,16H,8-11,14-15H2,1-3H3,(H,23,26). The largest absolute Gasteiger partial charge is 0.493 e. The number of hydrogen-bond donors (Lipinski definition) is 1. The average molecular weight is 399 g/mol. The summed E-state index contributed by atoms with van der Waals surface area (Å²) in [6.45, 7) is 8.58. The topological polar surface area (TPSA) is 74.9 Å². The van der Waals surface area contributed by atoms with Gasteiger partial charge in [-0.3, -0.25) is 14.5 Å². The van der Waals surface area contributed by atoms with Gasteiger partial charge in [0.25, 0.3) is 5.91 Å². The number of methoxy groups -OCH3 is 1. The van der Waals surface area contributed by atoms with Gasteiger partial charge in [-0.2, -0.15) is 0 Å². The van der Waals surface area contributed by atoms with Crippen molar-refractivity contribution < 1.29 is 14.3 Å². The van der Waals surface area contributed by atoms with Crippen LogP contribution in [0.3, 0.4) is 0 Å². The molecule has 1 aliphatic rings. The summed E-state index contributed by atoms with van der Waals surface area (Å²) in [5.41, 5.74) is 1.46. The zero-order valence-corrected chi connectivity index (χ0v) is 17.3. The molecule has 7 heteroatoms. The summed E-state index contributed by atoms with van der Waals surface area (Å²) in [5, 5.41) is 0. The fourth-order valence-electron chi connectivity index (χ4n) is 3.28. The highest BCUT2D eigenvalue weighted by Crippen LogP contribution is 2.29. The minimum atomic E-state index is -0.206. The summed E-state index contributed by atoms with van der Waals surface area (Å²) in [6, 6.07) is 9.00. The van der Waals surface area contributed by atoms with E-state index < -0.39 is 0 Å². The molecular formula is C22H29N3O4. The lowest BCUT2D eigenvalue weighted by atomic mass is 10.1. The first-order valence-corrected chi connectivity index (χ1v) is 9.96. The van der Waals surface area contributed by atoms with E-state index in [0.29, 0.717) is 31.2 Å². The van der Waals surface area contributed by atoms with Crippen LogP contribution < -0.4 is 15.0 Å². The summed E-state index contributed by atoms with van der Waals surface area (Å²) in [6.07, 6.45) is 1.48. The summed E-state index contributed by atoms with van der Waals surface area (Å²) in [5.74, 6) is 1.92. The van der Waals surface area contributed by atoms with Crippen LogP contribution in [0.5, 0.6) is 11.5 Å². The Hall–Kier alpha value is -2.80. The number of aromatic nitrogens is 1. The minimum absolute atomic E-state index is 0.0470. The van der Waals surface area contributed by atoms with E-state index in [-0.39, 0.29) is 11.5 Å². The smallest absolute Gasteiger partial charge is 0.255 e. The number of rotatable bonds is 7. The Labute approximate surface area is 171 Å². The lowest BCUT2D eigenvalue weighted by molar-refractivity contribution is 0.0628. The Bertz CT molecular complexity index is 865. The van der Waals surface area contributed by atoms with Gasteiger partial charge in [-0.05, 0) is 29.7 Å². The molecule has 2 heterocycles. The quantitative estimate of drug-likeness (QED) is 0.774. The van der Waals surface area contributed by atoms with Crippen molar-refractivity contribution in [3.63, 3.8) is 0 Å². The van der Waals surface area contributed by atoms with Gasteiger partial charge in [0.15, 0.2) is 11.5 Å². The zero-order valence-electron chi connectivity index (χ0n) is 17.3. The second-order valence-electron chi connectivity index (χ2n) is 7.70. The lowest BCUT2D eigenvalue weighted by Crippen LogP contribution is -2.48. The molecule has 0 radical (unpaired) electrons. The van der Waals surface area contributed by atoms with E-state index in [9.17, 15) is 9.59 Å². The van der Waals surface area contributed by atoms with Crippen LogP contribution in [0.2, 0.25) is 0 Å². The van der Waals surface area contributed by atoms with Crippen LogP contribution in [0, 0.1) is 5.92 Å². The summed E-state index contributed by atoms with van der Waals surface area (Å²) in [4.78, 5) is 30.4. The van der Waals surface area contributed by atoms with Gasteiger partial charge in [0.2, 0.25) is 5.56 Å². The number of hydrogen-bond acceptors (Lipinski definition) is 5. The average Bonchev–Trinajstić information content (AvgIpc) is 2.73. The Morgan fingerprint density at radius 3 is 2.48 bits per heavy atom. The molecule has 0 saturated carbocycles. The molecule has 1 aromatic carbocycles. The number of carbonyl (C=O) groups excluding carboxylic acids is 1. The van der Waals surface area contributed by atoms with Crippen LogP contribution in [-0.2, 0) is 6.54 Å². The molecule has 0 bridgehead atoms. The molecule has 1 N–H and O–H groups in total. The SMILES string of the molecule is COc1cc(CN2CCN(C(=O)c3ccc(=O)[nH]c3)CC2)ccc1OCC(C)C. The van der Waals surface area contributed by atoms with Gasteiger partial charge in [0.05, 0.1) is 19.3 Å². The van der Waals surface area contributed by atoms with Crippen molar-refractivity contribution in [1.29, 1.82) is 0 Å². The van der Waals surface area contributed by atoms with Crippen LogP contribution in [0.25, 0.3) is 0 Å². The van der Waals surface area contributed by atoms with Crippen molar-refractivity contribution in [3.8, 4) is 11.5 Å². The fraction of sp³-hybridized carbons (Fsp3) is 0.455. The van der Waals surface area contributed by atoms with Crippen molar-refractivity contribution in [2.75, 3.05) is 39.9 Å². The maximum atomic E-state index is 12.6. The number of nitrogens with zero attached hydrogens (tertiary/aromatic N) is 2. The molecule has 0 unspecified atom stereocenters. The lowest BCUT2D eigenvalue weighted by Gasteiger charge is -2.34. The minimum Gasteiger partial charge on any atom is -0.493 e. The van der Waals surface area contributed by atoms with Crippen molar-refractivity contribution in [2.24, 2.45) is 5.92 Å². The van der Waals surface area contributed by atoms with Gasteiger partial charge in [0.1, 0.15) is 0 Å². The van der Waals surface area contributed by atoms with Crippen LogP contribution in [0.1, 0.15) is 29.8 Å². The molecule has 7 nitrogen and oxygen atoms in total. The van der Waals surface area contributed by atoms with Crippen LogP contribution in [0.4, 0.5) is 0 Å². The summed E-state index contributed by atoms with van der Waals surface area (Å²) < 4.78 is 11.3. The molecule has 0 atom stereocenters. The maximum Gasteiger partial charge on any atom is 0.255 e. The number of carbonyl (C=O) groups is 1. The monoisotopic (exact) mass is 399 g/mol. The van der Waals surface area contributed by atoms with Gasteiger partial charge < -0.3 is 19.4 Å². The van der Waals surface area contributed by atoms with E-state index in [1.165, 1.54) is 12.3 Å². The molecule has 1 aliphatic heterocycles. The molecule has 1 amide bonds. The molecule has 3 rings (SSSR count). The number of nitrogens with one attached hydrogen (secondary N) is 1. The van der Waals surface area contributed by atoms with Crippen molar-refractivity contribution in [3.05, 3.63) is 58.0 Å². The van der Waals surface area contributed by atoms with E-state index >= 15 is 0 Å². The van der Waals surface area contributed by atoms with E-state index in [1.807, 2.05) is 17.0 Å². The second-order valence-corrected chi connectivity index (χ2v) is 7.70. The van der Waals surface area contributed by atoms with Crippen molar-refractivity contribution >= 4 is 5.91 Å². The molecule has 2 aromatic rings. The third-order valence-electron chi connectivity index (χ3n) is 4.90. The normalized spacial score (nSPS) is 14.8. The highest BCUT2D eigenvalue weighted by atomic mass is 16.5. The number of pyridine rings is 1. The number of H-pyrrole nitrogens is 1. The number of benzene rings is 1. The molecule has 1 aromatic heterocycles. The predicted molar refractivity (Wildman–Crippen MR) is 112 cm³/mol. The zero-order chi connectivity index (χ0) is 20.8. The second kappa shape index (κ2) is 9.60. The molecule has 156 valence electrons. The van der Waals surface area contributed by atoms with E-state index in [1.54, 1.807) is 13.2 Å². The van der Waals surface area contributed by atoms with Crippen molar-refractivity contribution in [2.45, 2.75) is 20.4 Å². The first kappa shape index (κ1) is 20.9. The fourth-order valence-corrected chi connectivity index (χ4v) is 3.28. The molecular weight excluding hydrogens is 370 g/mol. The third kappa shape index (κ3) is 5.60. The maximum absolute atomic E-state index is 12.6. The van der Waals surface area contributed by atoms with Gasteiger partial charge in [-0.25, -0.2) is 0 Å². The van der Waals surface area contributed by atoms with Crippen LogP contribution in [0.15, 0.2) is 41.3 Å². The first-order valence-electron chi connectivity index (χ1n) is 9.96. The molecule has 29 heavy (non-hydrogen) atoms. The van der Waals surface area contributed by atoms with Crippen LogP contribution >= 0.6 is 0 Å². The number of amides is 1. The predicted octanol–water partition coefficient (Wildman–Crippen LogP) is 2.38. The first-order chi connectivity index (χ1) is 14.0. The molecule has 1 saturated heterocycles. The van der Waals surface area contributed by atoms with Crippen molar-refractivity contribution in [1.82, 2.24) is 14.8 Å². The summed E-state index contributed by atoms with van der Waals surface area (Å²) in [7, 11) is 1.66. The van der Waals surface area contributed by atoms with Gasteiger partial charge in [-0.15, -0.1) is 0 Å². The van der Waals surface area contributed by atoms with Gasteiger partial charge in [0, 0.05) is 45.0 Å². The number of piperazine rings is 1. The third-order valence-corrected chi connectivity index (χ3v) is 4.90. The Morgan fingerprint density at radius 2 is 1.86 bits per heavy atom. The molecule has 0 spiro atoms. The van der Waals surface area contributed by atoms with E-state index in [4.69, 9.17) is 9.47 Å². The molecule has 0 aliphatic carbocycles. The number of ether oxygens (including phenoxy) is 2. The summed E-state index contributed by atoms with van der Waals surface area (Å²) >= 11 is 0. The van der Waals surface area contributed by atoms with Gasteiger partial charge in [-0.1, -0.05) is 19.9 Å². The van der Waals surface area contributed by atoms with Crippen LogP contribution in [-0.4, -0.2) is 60.6 Å².